The van der Waals surface area contributed by atoms with Crippen LogP contribution in [0.25, 0.3) is 0 Å². The summed E-state index contributed by atoms with van der Waals surface area (Å²) < 4.78 is 44.8. The Hall–Kier alpha value is -2.41. The van der Waals surface area contributed by atoms with E-state index in [1.165, 1.54) is 37.3 Å². The van der Waals surface area contributed by atoms with Crippen molar-refractivity contribution >= 4 is 21.5 Å². The molecule has 0 aromatic heterocycles. The van der Waals surface area contributed by atoms with E-state index in [4.69, 9.17) is 4.74 Å². The van der Waals surface area contributed by atoms with E-state index in [1.54, 1.807) is 19.1 Å². The predicted octanol–water partition coefficient (Wildman–Crippen LogP) is 3.16. The number of rotatable bonds is 7. The lowest BCUT2D eigenvalue weighted by Gasteiger charge is -2.12. The molecule has 0 aliphatic heterocycles. The van der Waals surface area contributed by atoms with Gasteiger partial charge in [-0.25, -0.2) is 12.8 Å². The molecule has 0 saturated carbocycles. The van der Waals surface area contributed by atoms with Gasteiger partial charge in [-0.05, 0) is 49.7 Å². The van der Waals surface area contributed by atoms with Crippen LogP contribution in [0.2, 0.25) is 0 Å². The zero-order valence-electron chi connectivity index (χ0n) is 13.4. The lowest BCUT2D eigenvalue weighted by molar-refractivity contribution is 0.101. The molecule has 2 rings (SSSR count). The number of anilines is 1. The molecular formula is C17H18FNO4S. The van der Waals surface area contributed by atoms with Crippen molar-refractivity contribution in [1.29, 1.82) is 0 Å². The number of halogens is 1. The standard InChI is InChI=1S/C17H18FNO4S/c1-12-3-4-14(13(2)20)11-17(12)19-24(21,22)10-9-23-16-7-5-15(18)6-8-16/h3-8,11,19H,9-10H2,1-2H3. The Morgan fingerprint density at radius 2 is 1.83 bits per heavy atom. The fourth-order valence-electron chi connectivity index (χ4n) is 1.97. The maximum absolute atomic E-state index is 12.8. The first-order chi connectivity index (χ1) is 11.3. The van der Waals surface area contributed by atoms with Gasteiger partial charge in [-0.2, -0.15) is 0 Å². The minimum Gasteiger partial charge on any atom is -0.492 e. The molecule has 5 nitrogen and oxygen atoms in total. The fourth-order valence-corrected chi connectivity index (χ4v) is 2.93. The largest absolute Gasteiger partial charge is 0.492 e. The molecule has 7 heteroatoms. The van der Waals surface area contributed by atoms with Gasteiger partial charge in [0.15, 0.2) is 5.78 Å². The van der Waals surface area contributed by atoms with Crippen LogP contribution < -0.4 is 9.46 Å². The molecule has 0 saturated heterocycles. The van der Waals surface area contributed by atoms with Crippen molar-refractivity contribution < 1.29 is 22.3 Å². The molecule has 128 valence electrons. The number of nitrogens with one attached hydrogen (secondary N) is 1. The van der Waals surface area contributed by atoms with Crippen LogP contribution >= 0.6 is 0 Å². The van der Waals surface area contributed by atoms with Crippen molar-refractivity contribution in [3.05, 3.63) is 59.4 Å². The summed E-state index contributed by atoms with van der Waals surface area (Å²) in [5, 5.41) is 0. The molecule has 2 aromatic carbocycles. The summed E-state index contributed by atoms with van der Waals surface area (Å²) in [6.07, 6.45) is 0. The summed E-state index contributed by atoms with van der Waals surface area (Å²) in [6, 6.07) is 10.2. The van der Waals surface area contributed by atoms with E-state index in [1.807, 2.05) is 0 Å². The Kier molecular flexibility index (Phi) is 5.56. The molecule has 0 spiro atoms. The molecule has 0 fully saturated rings. The lowest BCUT2D eigenvalue weighted by Crippen LogP contribution is -2.22. The van der Waals surface area contributed by atoms with Gasteiger partial charge < -0.3 is 4.74 Å². The molecule has 0 atom stereocenters. The topological polar surface area (TPSA) is 72.5 Å². The van der Waals surface area contributed by atoms with Crippen LogP contribution in [-0.2, 0) is 10.0 Å². The second-order valence-electron chi connectivity index (χ2n) is 5.31. The zero-order chi connectivity index (χ0) is 17.7. The molecule has 0 aliphatic rings. The number of ketones is 1. The van der Waals surface area contributed by atoms with Crippen LogP contribution in [0.3, 0.4) is 0 Å². The highest BCUT2D eigenvalue weighted by atomic mass is 32.2. The van der Waals surface area contributed by atoms with Crippen molar-refractivity contribution in [2.75, 3.05) is 17.1 Å². The van der Waals surface area contributed by atoms with Gasteiger partial charge in [0.05, 0.1) is 5.69 Å². The van der Waals surface area contributed by atoms with E-state index in [-0.39, 0.29) is 18.1 Å². The number of ether oxygens (including phenoxy) is 1. The molecule has 0 radical (unpaired) electrons. The minimum absolute atomic E-state index is 0.0770. The van der Waals surface area contributed by atoms with Crippen molar-refractivity contribution in [1.82, 2.24) is 0 Å². The molecule has 24 heavy (non-hydrogen) atoms. The third kappa shape index (κ3) is 5.06. The number of Topliss-reactive ketones (excluding diaryl/α,β-unsaturated/α-hetero) is 1. The molecule has 2 aromatic rings. The van der Waals surface area contributed by atoms with E-state index >= 15 is 0 Å². The van der Waals surface area contributed by atoms with Crippen molar-refractivity contribution in [2.24, 2.45) is 0 Å². The van der Waals surface area contributed by atoms with Crippen LogP contribution in [0, 0.1) is 12.7 Å². The van der Waals surface area contributed by atoms with Crippen LogP contribution in [0.5, 0.6) is 5.75 Å². The Balaban J connectivity index is 1.99. The molecule has 0 bridgehead atoms. The molecule has 0 heterocycles. The number of carbonyl (C=O) groups is 1. The van der Waals surface area contributed by atoms with Gasteiger partial charge in [0.25, 0.3) is 0 Å². The molecule has 0 unspecified atom stereocenters. The number of hydrogen-bond acceptors (Lipinski definition) is 4. The highest BCUT2D eigenvalue weighted by Crippen LogP contribution is 2.19. The van der Waals surface area contributed by atoms with Gasteiger partial charge in [-0.15, -0.1) is 0 Å². The normalized spacial score (nSPS) is 11.1. The number of benzene rings is 2. The number of sulfonamides is 1. The maximum atomic E-state index is 12.8. The Morgan fingerprint density at radius 1 is 1.17 bits per heavy atom. The van der Waals surface area contributed by atoms with Gasteiger partial charge in [-0.1, -0.05) is 12.1 Å². The Morgan fingerprint density at radius 3 is 2.46 bits per heavy atom. The van der Waals surface area contributed by atoms with E-state index in [0.29, 0.717) is 22.6 Å². The van der Waals surface area contributed by atoms with Crippen LogP contribution in [-0.4, -0.2) is 26.6 Å². The quantitative estimate of drug-likeness (QED) is 0.778. The maximum Gasteiger partial charge on any atom is 0.236 e. The van der Waals surface area contributed by atoms with Crippen molar-refractivity contribution in [3.8, 4) is 5.75 Å². The van der Waals surface area contributed by atoms with E-state index < -0.39 is 15.8 Å². The molecule has 1 N–H and O–H groups in total. The van der Waals surface area contributed by atoms with Gasteiger partial charge in [-0.3, -0.25) is 9.52 Å². The van der Waals surface area contributed by atoms with Gasteiger partial charge in [0.1, 0.15) is 23.9 Å². The van der Waals surface area contributed by atoms with Crippen LogP contribution in [0.1, 0.15) is 22.8 Å². The van der Waals surface area contributed by atoms with E-state index in [0.717, 1.165) is 0 Å². The van der Waals surface area contributed by atoms with Crippen molar-refractivity contribution in [3.63, 3.8) is 0 Å². The first kappa shape index (κ1) is 17.9. The molecular weight excluding hydrogens is 333 g/mol. The first-order valence-electron chi connectivity index (χ1n) is 7.27. The number of hydrogen-bond donors (Lipinski definition) is 1. The summed E-state index contributed by atoms with van der Waals surface area (Å²) in [5.41, 5.74) is 1.51. The second-order valence-corrected chi connectivity index (χ2v) is 7.15. The average Bonchev–Trinajstić information content (AvgIpc) is 2.51. The van der Waals surface area contributed by atoms with Crippen LogP contribution in [0.4, 0.5) is 10.1 Å². The van der Waals surface area contributed by atoms with E-state index in [2.05, 4.69) is 4.72 Å². The number of carbonyl (C=O) groups excluding carboxylic acids is 1. The highest BCUT2D eigenvalue weighted by Gasteiger charge is 2.13. The average molecular weight is 351 g/mol. The third-order valence-electron chi connectivity index (χ3n) is 3.34. The SMILES string of the molecule is CC(=O)c1ccc(C)c(NS(=O)(=O)CCOc2ccc(F)cc2)c1. The first-order valence-corrected chi connectivity index (χ1v) is 8.92. The number of aryl methyl sites for hydroxylation is 1. The van der Waals surface area contributed by atoms with E-state index in [9.17, 15) is 17.6 Å². The second kappa shape index (κ2) is 7.44. The summed E-state index contributed by atoms with van der Waals surface area (Å²) in [5.74, 6) is -0.414. The van der Waals surface area contributed by atoms with Crippen LogP contribution in [0.15, 0.2) is 42.5 Å². The van der Waals surface area contributed by atoms with Gasteiger partial charge >= 0.3 is 0 Å². The summed E-state index contributed by atoms with van der Waals surface area (Å²) in [4.78, 5) is 11.4. The predicted molar refractivity (Wildman–Crippen MR) is 90.5 cm³/mol. The zero-order valence-corrected chi connectivity index (χ0v) is 14.2. The monoisotopic (exact) mass is 351 g/mol. The lowest BCUT2D eigenvalue weighted by atomic mass is 10.1. The Bertz CT molecular complexity index is 832. The summed E-state index contributed by atoms with van der Waals surface area (Å²) in [7, 11) is -3.64. The Labute approximate surface area is 140 Å². The molecule has 0 amide bonds. The smallest absolute Gasteiger partial charge is 0.236 e. The van der Waals surface area contributed by atoms with Crippen molar-refractivity contribution in [2.45, 2.75) is 13.8 Å². The summed E-state index contributed by atoms with van der Waals surface area (Å²) in [6.45, 7) is 3.09. The fraction of sp³-hybridized carbons (Fsp3) is 0.235. The third-order valence-corrected chi connectivity index (χ3v) is 4.58. The van der Waals surface area contributed by atoms with Gasteiger partial charge in [0.2, 0.25) is 10.0 Å². The molecule has 0 aliphatic carbocycles. The van der Waals surface area contributed by atoms with Gasteiger partial charge in [0, 0.05) is 5.56 Å². The minimum atomic E-state index is -3.64. The summed E-state index contributed by atoms with van der Waals surface area (Å²) >= 11 is 0. The highest BCUT2D eigenvalue weighted by molar-refractivity contribution is 7.92.